The number of carbonyl (C=O) groups excluding carboxylic acids is 1. The number of hydrogen-bond donors (Lipinski definition) is 2. The maximum absolute atomic E-state index is 13.4. The number of rotatable bonds is 3. The van der Waals surface area contributed by atoms with Crippen molar-refractivity contribution in [3.8, 4) is 0 Å². The van der Waals surface area contributed by atoms with Crippen molar-refractivity contribution < 1.29 is 19.1 Å². The van der Waals surface area contributed by atoms with E-state index in [1.165, 1.54) is 30.5 Å². The molecule has 1 aromatic carbocycles. The van der Waals surface area contributed by atoms with Gasteiger partial charge in [0.1, 0.15) is 0 Å². The maximum atomic E-state index is 13.4. The van der Waals surface area contributed by atoms with Crippen LogP contribution in [0.5, 0.6) is 0 Å². The highest BCUT2D eigenvalue weighted by Crippen LogP contribution is 2.20. The first-order valence-corrected chi connectivity index (χ1v) is 5.75. The van der Waals surface area contributed by atoms with E-state index in [0.29, 0.717) is 11.3 Å². The van der Waals surface area contributed by atoms with Gasteiger partial charge in [0.15, 0.2) is 0 Å². The number of carboxylic acids is 1. The zero-order valence-corrected chi connectivity index (χ0v) is 10.6. The molecule has 6 heteroatoms. The van der Waals surface area contributed by atoms with Crippen LogP contribution in [0.4, 0.5) is 10.1 Å². The molecular weight excluding hydrogens is 263 g/mol. The van der Waals surface area contributed by atoms with Crippen LogP contribution in [0.3, 0.4) is 0 Å². The topological polar surface area (TPSA) is 79.3 Å². The van der Waals surface area contributed by atoms with Crippen molar-refractivity contribution in [3.05, 3.63) is 59.2 Å². The van der Waals surface area contributed by atoms with E-state index in [0.717, 1.165) is 0 Å². The number of carboxylic acid groups (broad SMARTS) is 1. The molecule has 0 unspecified atom stereocenters. The van der Waals surface area contributed by atoms with Crippen LogP contribution in [0, 0.1) is 12.9 Å². The lowest BCUT2D eigenvalue weighted by atomic mass is 10.1. The van der Waals surface area contributed by atoms with E-state index < -0.39 is 17.8 Å². The van der Waals surface area contributed by atoms with Crippen molar-refractivity contribution in [2.24, 2.45) is 0 Å². The zero-order chi connectivity index (χ0) is 14.7. The van der Waals surface area contributed by atoms with Crippen molar-refractivity contribution in [2.75, 3.05) is 5.32 Å². The summed E-state index contributed by atoms with van der Waals surface area (Å²) < 4.78 is 13.4. The second kappa shape index (κ2) is 5.48. The third-order valence-corrected chi connectivity index (χ3v) is 2.82. The number of pyridine rings is 1. The number of benzene rings is 1. The summed E-state index contributed by atoms with van der Waals surface area (Å²) in [6, 6.07) is 7.23. The summed E-state index contributed by atoms with van der Waals surface area (Å²) in [5.41, 5.74) is 0.595. The molecule has 2 rings (SSSR count). The fourth-order valence-electron chi connectivity index (χ4n) is 1.75. The Morgan fingerprint density at radius 2 is 1.90 bits per heavy atom. The SMILES string of the molecule is Cc1c(NC(=O)c2cccnc2F)cccc1C(=O)O. The largest absolute Gasteiger partial charge is 0.478 e. The number of aromatic carboxylic acids is 1. The summed E-state index contributed by atoms with van der Waals surface area (Å²) in [6.07, 6.45) is 1.24. The Labute approximate surface area is 114 Å². The monoisotopic (exact) mass is 274 g/mol. The summed E-state index contributed by atoms with van der Waals surface area (Å²) in [5, 5.41) is 11.5. The molecule has 0 saturated carbocycles. The van der Waals surface area contributed by atoms with E-state index in [2.05, 4.69) is 10.3 Å². The van der Waals surface area contributed by atoms with Gasteiger partial charge in [-0.1, -0.05) is 6.07 Å². The Hall–Kier alpha value is -2.76. The molecule has 0 aliphatic heterocycles. The summed E-state index contributed by atoms with van der Waals surface area (Å²) in [4.78, 5) is 26.3. The van der Waals surface area contributed by atoms with Crippen LogP contribution in [0.1, 0.15) is 26.3 Å². The second-order valence-corrected chi connectivity index (χ2v) is 4.08. The summed E-state index contributed by atoms with van der Waals surface area (Å²) in [5.74, 6) is -2.65. The molecule has 2 aromatic rings. The highest BCUT2D eigenvalue weighted by molar-refractivity contribution is 6.05. The van der Waals surface area contributed by atoms with E-state index in [1.54, 1.807) is 13.0 Å². The minimum atomic E-state index is -1.09. The Morgan fingerprint density at radius 3 is 2.55 bits per heavy atom. The third kappa shape index (κ3) is 2.64. The number of nitrogens with one attached hydrogen (secondary N) is 1. The Kier molecular flexibility index (Phi) is 3.74. The van der Waals surface area contributed by atoms with Gasteiger partial charge in [-0.15, -0.1) is 0 Å². The lowest BCUT2D eigenvalue weighted by molar-refractivity contribution is 0.0695. The smallest absolute Gasteiger partial charge is 0.336 e. The van der Waals surface area contributed by atoms with Gasteiger partial charge in [0, 0.05) is 11.9 Å². The fourth-order valence-corrected chi connectivity index (χ4v) is 1.75. The standard InChI is InChI=1S/C14H11FN2O3/c1-8-9(14(19)20)4-2-6-11(8)17-13(18)10-5-3-7-16-12(10)15/h2-7H,1H3,(H,17,18)(H,19,20). The molecular formula is C14H11FN2O3. The molecule has 0 atom stereocenters. The molecule has 5 nitrogen and oxygen atoms in total. The van der Waals surface area contributed by atoms with Crippen molar-refractivity contribution in [3.63, 3.8) is 0 Å². The van der Waals surface area contributed by atoms with Crippen molar-refractivity contribution >= 4 is 17.6 Å². The van der Waals surface area contributed by atoms with Crippen LogP contribution in [-0.4, -0.2) is 22.0 Å². The first-order valence-electron chi connectivity index (χ1n) is 5.75. The lowest BCUT2D eigenvalue weighted by Crippen LogP contribution is -2.16. The molecule has 1 amide bonds. The number of amides is 1. The number of hydrogen-bond acceptors (Lipinski definition) is 3. The van der Waals surface area contributed by atoms with Crippen LogP contribution < -0.4 is 5.32 Å². The summed E-state index contributed by atoms with van der Waals surface area (Å²) in [6.45, 7) is 1.57. The van der Waals surface area contributed by atoms with Crippen LogP contribution >= 0.6 is 0 Å². The van der Waals surface area contributed by atoms with E-state index in [9.17, 15) is 14.0 Å². The van der Waals surface area contributed by atoms with Crippen LogP contribution in [0.15, 0.2) is 36.5 Å². The lowest BCUT2D eigenvalue weighted by Gasteiger charge is -2.10. The second-order valence-electron chi connectivity index (χ2n) is 4.08. The first kappa shape index (κ1) is 13.7. The van der Waals surface area contributed by atoms with Gasteiger partial charge in [-0.05, 0) is 36.8 Å². The molecule has 0 bridgehead atoms. The number of nitrogens with zero attached hydrogens (tertiary/aromatic N) is 1. The molecule has 1 aromatic heterocycles. The molecule has 0 radical (unpaired) electrons. The predicted octanol–water partition coefficient (Wildman–Crippen LogP) is 2.48. The number of anilines is 1. The zero-order valence-electron chi connectivity index (χ0n) is 10.6. The minimum Gasteiger partial charge on any atom is -0.478 e. The van der Waals surface area contributed by atoms with Gasteiger partial charge in [-0.3, -0.25) is 4.79 Å². The molecule has 0 spiro atoms. The van der Waals surface area contributed by atoms with E-state index in [1.807, 2.05) is 0 Å². The third-order valence-electron chi connectivity index (χ3n) is 2.82. The highest BCUT2D eigenvalue weighted by Gasteiger charge is 2.15. The summed E-state index contributed by atoms with van der Waals surface area (Å²) >= 11 is 0. The van der Waals surface area contributed by atoms with Crippen LogP contribution in [0.25, 0.3) is 0 Å². The van der Waals surface area contributed by atoms with Crippen LogP contribution in [0.2, 0.25) is 0 Å². The molecule has 0 saturated heterocycles. The Bertz CT molecular complexity index is 686. The minimum absolute atomic E-state index is 0.0782. The van der Waals surface area contributed by atoms with Gasteiger partial charge >= 0.3 is 5.97 Å². The average Bonchev–Trinajstić information content (AvgIpc) is 2.41. The van der Waals surface area contributed by atoms with Gasteiger partial charge < -0.3 is 10.4 Å². The van der Waals surface area contributed by atoms with Crippen molar-refractivity contribution in [2.45, 2.75) is 6.92 Å². The van der Waals surface area contributed by atoms with Gasteiger partial charge in [-0.2, -0.15) is 4.39 Å². The van der Waals surface area contributed by atoms with Gasteiger partial charge in [0.2, 0.25) is 5.95 Å². The van der Waals surface area contributed by atoms with Gasteiger partial charge in [-0.25, -0.2) is 9.78 Å². The molecule has 0 aliphatic carbocycles. The molecule has 0 aliphatic rings. The fraction of sp³-hybridized carbons (Fsp3) is 0.0714. The maximum Gasteiger partial charge on any atom is 0.336 e. The Balaban J connectivity index is 2.32. The van der Waals surface area contributed by atoms with Gasteiger partial charge in [0.25, 0.3) is 5.91 Å². The highest BCUT2D eigenvalue weighted by atomic mass is 19.1. The number of carbonyl (C=O) groups is 2. The molecule has 102 valence electrons. The van der Waals surface area contributed by atoms with E-state index in [4.69, 9.17) is 5.11 Å². The van der Waals surface area contributed by atoms with Crippen molar-refractivity contribution in [1.29, 1.82) is 0 Å². The molecule has 20 heavy (non-hydrogen) atoms. The van der Waals surface area contributed by atoms with Crippen LogP contribution in [-0.2, 0) is 0 Å². The molecule has 1 heterocycles. The molecule has 0 fully saturated rings. The van der Waals surface area contributed by atoms with E-state index >= 15 is 0 Å². The predicted molar refractivity (Wildman–Crippen MR) is 70.3 cm³/mol. The summed E-state index contributed by atoms with van der Waals surface area (Å²) in [7, 11) is 0. The average molecular weight is 274 g/mol. The normalized spacial score (nSPS) is 10.1. The number of halogens is 1. The van der Waals surface area contributed by atoms with Crippen molar-refractivity contribution in [1.82, 2.24) is 4.98 Å². The Morgan fingerprint density at radius 1 is 1.20 bits per heavy atom. The van der Waals surface area contributed by atoms with Gasteiger partial charge in [0.05, 0.1) is 11.1 Å². The van der Waals surface area contributed by atoms with E-state index in [-0.39, 0.29) is 11.1 Å². The number of aromatic nitrogens is 1. The quantitative estimate of drug-likeness (QED) is 0.843. The molecule has 2 N–H and O–H groups in total. The first-order chi connectivity index (χ1) is 9.50.